The lowest BCUT2D eigenvalue weighted by atomic mass is 9.94. The molecular weight excluding hydrogens is 212 g/mol. The molecule has 0 atom stereocenters. The highest BCUT2D eigenvalue weighted by atomic mass is 16.5. The Labute approximate surface area is 103 Å². The highest BCUT2D eigenvalue weighted by Gasteiger charge is 2.06. The van der Waals surface area contributed by atoms with Gasteiger partial charge in [0.1, 0.15) is 0 Å². The van der Waals surface area contributed by atoms with Gasteiger partial charge in [0.2, 0.25) is 0 Å². The summed E-state index contributed by atoms with van der Waals surface area (Å²) in [4.78, 5) is 11.2. The van der Waals surface area contributed by atoms with Crippen molar-refractivity contribution in [3.8, 4) is 11.8 Å². The van der Waals surface area contributed by atoms with Crippen LogP contribution in [0.2, 0.25) is 0 Å². The Morgan fingerprint density at radius 2 is 1.71 bits per heavy atom. The first-order chi connectivity index (χ1) is 7.97. The van der Waals surface area contributed by atoms with Crippen LogP contribution >= 0.6 is 0 Å². The standard InChI is InChI=1S/C15H18O2/c1-6-17-15(16)8-7-14-12(4)10(2)9-11(3)13(14)5/h9H,6H2,1-5H3. The number of benzene rings is 1. The van der Waals surface area contributed by atoms with E-state index in [1.807, 2.05) is 13.8 Å². The largest absolute Gasteiger partial charge is 0.456 e. The topological polar surface area (TPSA) is 26.3 Å². The van der Waals surface area contributed by atoms with Crippen molar-refractivity contribution < 1.29 is 9.53 Å². The molecule has 0 unspecified atom stereocenters. The smallest absolute Gasteiger partial charge is 0.384 e. The average molecular weight is 230 g/mol. The molecule has 1 aromatic rings. The maximum atomic E-state index is 11.2. The molecule has 0 aliphatic rings. The van der Waals surface area contributed by atoms with Gasteiger partial charge in [0.15, 0.2) is 0 Å². The molecule has 1 aromatic carbocycles. The lowest BCUT2D eigenvalue weighted by Crippen LogP contribution is -2.01. The van der Waals surface area contributed by atoms with Crippen molar-refractivity contribution in [3.63, 3.8) is 0 Å². The maximum Gasteiger partial charge on any atom is 0.384 e. The Balaban J connectivity index is 3.18. The third-order valence-corrected chi connectivity index (χ3v) is 2.93. The summed E-state index contributed by atoms with van der Waals surface area (Å²) in [5.41, 5.74) is 5.59. The number of hydrogen-bond donors (Lipinski definition) is 0. The second-order valence-corrected chi connectivity index (χ2v) is 4.11. The first kappa shape index (κ1) is 13.3. The molecule has 0 aliphatic heterocycles. The van der Waals surface area contributed by atoms with Crippen LogP contribution in [0, 0.1) is 39.5 Å². The van der Waals surface area contributed by atoms with Crippen molar-refractivity contribution in [2.75, 3.05) is 6.61 Å². The number of carbonyl (C=O) groups is 1. The second kappa shape index (κ2) is 5.54. The van der Waals surface area contributed by atoms with Gasteiger partial charge in [-0.2, -0.15) is 0 Å². The molecule has 0 heterocycles. The summed E-state index contributed by atoms with van der Waals surface area (Å²) < 4.78 is 4.79. The molecule has 0 saturated heterocycles. The van der Waals surface area contributed by atoms with Crippen molar-refractivity contribution in [2.45, 2.75) is 34.6 Å². The molecule has 17 heavy (non-hydrogen) atoms. The normalized spacial score (nSPS) is 9.47. The van der Waals surface area contributed by atoms with E-state index in [1.54, 1.807) is 6.92 Å². The van der Waals surface area contributed by atoms with E-state index in [-0.39, 0.29) is 0 Å². The molecular formula is C15H18O2. The molecule has 90 valence electrons. The fourth-order valence-corrected chi connectivity index (χ4v) is 1.69. The molecule has 0 saturated carbocycles. The van der Waals surface area contributed by atoms with E-state index in [1.165, 1.54) is 11.1 Å². The van der Waals surface area contributed by atoms with E-state index >= 15 is 0 Å². The lowest BCUT2D eigenvalue weighted by Gasteiger charge is -2.10. The maximum absolute atomic E-state index is 11.2. The van der Waals surface area contributed by atoms with Crippen molar-refractivity contribution >= 4 is 5.97 Å². The minimum Gasteiger partial charge on any atom is -0.456 e. The predicted molar refractivity (Wildman–Crippen MR) is 68.9 cm³/mol. The molecule has 1 rings (SSSR count). The number of esters is 1. The average Bonchev–Trinajstić information content (AvgIpc) is 2.27. The van der Waals surface area contributed by atoms with Crippen LogP contribution in [0.15, 0.2) is 6.07 Å². The van der Waals surface area contributed by atoms with Crippen molar-refractivity contribution in [1.29, 1.82) is 0 Å². The summed E-state index contributed by atoms with van der Waals surface area (Å²) in [7, 11) is 0. The molecule has 2 nitrogen and oxygen atoms in total. The van der Waals surface area contributed by atoms with Crippen LogP contribution in [-0.2, 0) is 9.53 Å². The van der Waals surface area contributed by atoms with Gasteiger partial charge in [-0.1, -0.05) is 12.0 Å². The van der Waals surface area contributed by atoms with Crippen LogP contribution < -0.4 is 0 Å². The van der Waals surface area contributed by atoms with Gasteiger partial charge in [-0.3, -0.25) is 0 Å². The summed E-state index contributed by atoms with van der Waals surface area (Å²) in [5.74, 6) is 4.98. The Morgan fingerprint density at radius 3 is 2.18 bits per heavy atom. The Morgan fingerprint density at radius 1 is 1.18 bits per heavy atom. The van der Waals surface area contributed by atoms with Crippen molar-refractivity contribution in [2.24, 2.45) is 0 Å². The summed E-state index contributed by atoms with van der Waals surface area (Å²) in [5, 5.41) is 0. The molecule has 0 aromatic heterocycles. The van der Waals surface area contributed by atoms with Gasteiger partial charge in [0.25, 0.3) is 0 Å². The second-order valence-electron chi connectivity index (χ2n) is 4.11. The van der Waals surface area contributed by atoms with Crippen LogP contribution in [-0.4, -0.2) is 12.6 Å². The fourth-order valence-electron chi connectivity index (χ4n) is 1.69. The summed E-state index contributed by atoms with van der Waals surface area (Å²) >= 11 is 0. The van der Waals surface area contributed by atoms with Crippen molar-refractivity contribution in [1.82, 2.24) is 0 Å². The molecule has 0 spiro atoms. The molecule has 2 heteroatoms. The van der Waals surface area contributed by atoms with Gasteiger partial charge in [-0.15, -0.1) is 0 Å². The van der Waals surface area contributed by atoms with E-state index in [9.17, 15) is 4.79 Å². The molecule has 0 radical (unpaired) electrons. The number of hydrogen-bond acceptors (Lipinski definition) is 2. The van der Waals surface area contributed by atoms with Crippen LogP contribution in [0.1, 0.15) is 34.7 Å². The molecule has 0 aliphatic carbocycles. The zero-order chi connectivity index (χ0) is 13.0. The first-order valence-corrected chi connectivity index (χ1v) is 5.73. The van der Waals surface area contributed by atoms with Crippen LogP contribution in [0.25, 0.3) is 0 Å². The Kier molecular flexibility index (Phi) is 4.34. The van der Waals surface area contributed by atoms with Crippen LogP contribution in [0.3, 0.4) is 0 Å². The van der Waals surface area contributed by atoms with Crippen LogP contribution in [0.5, 0.6) is 0 Å². The highest BCUT2D eigenvalue weighted by molar-refractivity contribution is 5.89. The van der Waals surface area contributed by atoms with Crippen LogP contribution in [0.4, 0.5) is 0 Å². The minimum atomic E-state index is -0.467. The Bertz CT molecular complexity index is 476. The molecule has 0 bridgehead atoms. The molecule has 0 amide bonds. The van der Waals surface area contributed by atoms with E-state index in [4.69, 9.17) is 4.74 Å². The first-order valence-electron chi connectivity index (χ1n) is 5.73. The van der Waals surface area contributed by atoms with E-state index in [2.05, 4.69) is 31.8 Å². The fraction of sp³-hybridized carbons (Fsp3) is 0.400. The number of aryl methyl sites for hydroxylation is 2. The third kappa shape index (κ3) is 3.10. The van der Waals surface area contributed by atoms with Gasteiger partial charge in [0.05, 0.1) is 6.61 Å². The molecule has 0 N–H and O–H groups in total. The van der Waals surface area contributed by atoms with Gasteiger partial charge in [-0.05, 0) is 56.9 Å². The zero-order valence-electron chi connectivity index (χ0n) is 11.1. The van der Waals surface area contributed by atoms with Crippen molar-refractivity contribution in [3.05, 3.63) is 33.9 Å². The third-order valence-electron chi connectivity index (χ3n) is 2.93. The quantitative estimate of drug-likeness (QED) is 0.548. The van der Waals surface area contributed by atoms with Gasteiger partial charge < -0.3 is 4.74 Å². The zero-order valence-corrected chi connectivity index (χ0v) is 11.1. The summed E-state index contributed by atoms with van der Waals surface area (Å²) in [6, 6.07) is 2.14. The SMILES string of the molecule is CCOC(=O)C#Cc1c(C)c(C)cc(C)c1C. The van der Waals surface area contributed by atoms with Gasteiger partial charge in [-0.25, -0.2) is 4.79 Å². The summed E-state index contributed by atoms with van der Waals surface area (Å²) in [6.07, 6.45) is 0. The van der Waals surface area contributed by atoms with Gasteiger partial charge >= 0.3 is 5.97 Å². The van der Waals surface area contributed by atoms with E-state index in [0.29, 0.717) is 6.61 Å². The number of rotatable bonds is 1. The Hall–Kier alpha value is -1.75. The highest BCUT2D eigenvalue weighted by Crippen LogP contribution is 2.20. The lowest BCUT2D eigenvalue weighted by molar-refractivity contribution is -0.136. The number of carbonyl (C=O) groups excluding carboxylic acids is 1. The summed E-state index contributed by atoms with van der Waals surface area (Å²) in [6.45, 7) is 10.3. The minimum absolute atomic E-state index is 0.359. The van der Waals surface area contributed by atoms with E-state index in [0.717, 1.165) is 16.7 Å². The number of ether oxygens (including phenoxy) is 1. The van der Waals surface area contributed by atoms with Gasteiger partial charge in [0, 0.05) is 11.5 Å². The van der Waals surface area contributed by atoms with E-state index < -0.39 is 5.97 Å². The predicted octanol–water partition coefficient (Wildman–Crippen LogP) is 2.83. The monoisotopic (exact) mass is 230 g/mol. The molecule has 0 fully saturated rings.